The summed E-state index contributed by atoms with van der Waals surface area (Å²) in [5.74, 6) is -3.51. The number of Topliss-reactive ketones (excluding diaryl/α,β-unsaturated/α-hetero) is 1. The minimum Gasteiger partial charge on any atom is -0.458 e. The maximum atomic E-state index is 14.3. The number of hydrogen-bond acceptors (Lipinski definition) is 15. The third kappa shape index (κ3) is 9.83. The standard InChI is InChI=1S/C42H66N6O11/c1-11-31-42(7)36(48(40(54)59-42)18-13-12-17-47-21-29(44-23-47)28-15-14-16-43-20-28)27(5)45-24(2)19-41(6,55-10)37(25(3)33(50)26(4)38(53)57-31)58-39-35(52)32(46(8)9)34(51)30(22-49)56-39/h14-16,20-21,23-27,30-32,34-37,39,45,49,51-52H,11-13,17-19,22H2,1-10H3/t24-,25+,26-,27+,30-,31+,32+,34+,35-,36-,37-,39+,41+,42-/m1/s1. The summed E-state index contributed by atoms with van der Waals surface area (Å²) in [6, 6.07) is 1.69. The normalized spacial score (nSPS) is 37.5. The number of nitrogens with zero attached hydrogens (tertiary/aromatic N) is 5. The van der Waals surface area contributed by atoms with Gasteiger partial charge in [0.15, 0.2) is 17.7 Å². The SMILES string of the molecule is CC[C@@H]1OC(=O)[C@H](C)C(=O)[C@H](C)[C@@H](O[C@@H]2O[C@H](CO)[C@H](O)[C@H](N(C)C)[C@H]2O)[C@@](C)(OC)C[C@@H](C)N[C@@H](C)[C@H]2N(CCCCn3cnc(-c4cccnc4)c3)C(=O)O[C@]12C. The lowest BCUT2D eigenvalue weighted by Crippen LogP contribution is -2.66. The predicted octanol–water partition coefficient (Wildman–Crippen LogP) is 2.40. The number of esters is 1. The number of pyridine rings is 1. The molecule has 2 aromatic heterocycles. The summed E-state index contributed by atoms with van der Waals surface area (Å²) in [7, 11) is 4.87. The van der Waals surface area contributed by atoms with Crippen LogP contribution in [0.25, 0.3) is 11.3 Å². The zero-order chi connectivity index (χ0) is 43.4. The van der Waals surface area contributed by atoms with Crippen molar-refractivity contribution in [2.24, 2.45) is 11.8 Å². The van der Waals surface area contributed by atoms with Gasteiger partial charge in [0.25, 0.3) is 0 Å². The minimum absolute atomic E-state index is 0.280. The molecule has 59 heavy (non-hydrogen) atoms. The van der Waals surface area contributed by atoms with E-state index in [9.17, 15) is 29.7 Å². The number of aliphatic hydroxyl groups is 3. The van der Waals surface area contributed by atoms with E-state index in [1.165, 1.54) is 14.0 Å². The fourth-order valence-corrected chi connectivity index (χ4v) is 9.46. The highest BCUT2D eigenvalue weighted by Crippen LogP contribution is 2.40. The van der Waals surface area contributed by atoms with Gasteiger partial charge in [-0.2, -0.15) is 0 Å². The van der Waals surface area contributed by atoms with Crippen molar-refractivity contribution in [3.8, 4) is 11.3 Å². The van der Waals surface area contributed by atoms with Crippen molar-refractivity contribution in [2.45, 2.75) is 153 Å². The molecule has 2 aromatic rings. The van der Waals surface area contributed by atoms with Gasteiger partial charge in [0, 0.05) is 62.4 Å². The number of ether oxygens (including phenoxy) is 5. The van der Waals surface area contributed by atoms with E-state index in [-0.39, 0.29) is 18.5 Å². The van der Waals surface area contributed by atoms with Gasteiger partial charge in [0.2, 0.25) is 0 Å². The van der Waals surface area contributed by atoms with E-state index in [0.29, 0.717) is 25.9 Å². The Labute approximate surface area is 347 Å². The molecular formula is C42H66N6O11. The first-order valence-electron chi connectivity index (χ1n) is 20.8. The highest BCUT2D eigenvalue weighted by atomic mass is 16.7. The number of hydrogen-bond donors (Lipinski definition) is 4. The molecule has 3 saturated heterocycles. The van der Waals surface area contributed by atoms with Gasteiger partial charge in [0.1, 0.15) is 30.3 Å². The maximum Gasteiger partial charge on any atom is 0.410 e. The summed E-state index contributed by atoms with van der Waals surface area (Å²) in [5, 5.41) is 36.1. The number of cyclic esters (lactones) is 1. The fourth-order valence-electron chi connectivity index (χ4n) is 9.46. The van der Waals surface area contributed by atoms with Crippen molar-refractivity contribution < 1.29 is 53.4 Å². The number of amides is 1. The quantitative estimate of drug-likeness (QED) is 0.138. The Morgan fingerprint density at radius 3 is 2.41 bits per heavy atom. The van der Waals surface area contributed by atoms with Gasteiger partial charge in [-0.1, -0.05) is 13.8 Å². The Hall–Kier alpha value is -3.55. The number of aromatic nitrogens is 3. The molecule has 0 aromatic carbocycles. The van der Waals surface area contributed by atoms with E-state index < -0.39 is 96.4 Å². The fraction of sp³-hybridized carbons (Fsp3) is 0.738. The summed E-state index contributed by atoms with van der Waals surface area (Å²) < 4.78 is 33.0. The number of rotatable bonds is 12. The van der Waals surface area contributed by atoms with Gasteiger partial charge in [-0.25, -0.2) is 9.78 Å². The molecular weight excluding hydrogens is 764 g/mol. The van der Waals surface area contributed by atoms with Crippen LogP contribution in [0.3, 0.4) is 0 Å². The van der Waals surface area contributed by atoms with Gasteiger partial charge in [-0.15, -0.1) is 0 Å². The van der Waals surface area contributed by atoms with E-state index in [2.05, 4.69) is 15.3 Å². The Morgan fingerprint density at radius 2 is 1.78 bits per heavy atom. The van der Waals surface area contributed by atoms with Gasteiger partial charge in [-0.05, 0) is 86.5 Å². The summed E-state index contributed by atoms with van der Waals surface area (Å²) in [4.78, 5) is 54.2. The van der Waals surface area contributed by atoms with E-state index in [1.807, 2.05) is 43.7 Å². The number of methoxy groups -OCH3 is 1. The van der Waals surface area contributed by atoms with Crippen molar-refractivity contribution in [1.82, 2.24) is 29.7 Å². The van der Waals surface area contributed by atoms with E-state index in [1.54, 1.807) is 63.4 Å². The Bertz CT molecular complexity index is 1720. The third-order valence-corrected chi connectivity index (χ3v) is 12.6. The number of likely N-dealkylation sites (N-methyl/N-ethyl adjacent to an activating group) is 1. The monoisotopic (exact) mass is 830 g/mol. The molecule has 14 atom stereocenters. The largest absolute Gasteiger partial charge is 0.458 e. The molecule has 0 saturated carbocycles. The van der Waals surface area contributed by atoms with Crippen LogP contribution in [0.2, 0.25) is 0 Å². The molecule has 17 heteroatoms. The molecule has 17 nitrogen and oxygen atoms in total. The van der Waals surface area contributed by atoms with Crippen LogP contribution in [0.4, 0.5) is 4.79 Å². The number of aliphatic hydroxyl groups excluding tert-OH is 3. The van der Waals surface area contributed by atoms with Gasteiger partial charge >= 0.3 is 12.1 Å². The predicted molar refractivity (Wildman–Crippen MR) is 216 cm³/mol. The van der Waals surface area contributed by atoms with Crippen LogP contribution >= 0.6 is 0 Å². The van der Waals surface area contributed by atoms with Gasteiger partial charge < -0.3 is 53.8 Å². The molecule has 3 fully saturated rings. The lowest BCUT2D eigenvalue weighted by atomic mass is 9.78. The van der Waals surface area contributed by atoms with Crippen LogP contribution in [-0.2, 0) is 39.8 Å². The molecule has 1 amide bonds. The highest BCUT2D eigenvalue weighted by molar-refractivity contribution is 6.00. The Kier molecular flexibility index (Phi) is 15.3. The average molecular weight is 831 g/mol. The summed E-state index contributed by atoms with van der Waals surface area (Å²) in [6.07, 6.45) is 1.69. The first-order valence-corrected chi connectivity index (χ1v) is 20.8. The van der Waals surface area contributed by atoms with Crippen molar-refractivity contribution >= 4 is 17.8 Å². The second-order valence-corrected chi connectivity index (χ2v) is 17.2. The van der Waals surface area contributed by atoms with Crippen LogP contribution in [0.5, 0.6) is 0 Å². The lowest BCUT2D eigenvalue weighted by molar-refractivity contribution is -0.319. The topological polar surface area (TPSA) is 207 Å². The molecule has 0 aliphatic carbocycles. The van der Waals surface area contributed by atoms with Crippen LogP contribution in [0.1, 0.15) is 74.1 Å². The third-order valence-electron chi connectivity index (χ3n) is 12.6. The first-order chi connectivity index (χ1) is 27.9. The highest BCUT2D eigenvalue weighted by Gasteiger charge is 2.59. The second kappa shape index (κ2) is 19.4. The molecule has 4 N–H and O–H groups in total. The van der Waals surface area contributed by atoms with E-state index in [4.69, 9.17) is 23.7 Å². The molecule has 3 aliphatic rings. The molecule has 0 spiro atoms. The molecule has 3 aliphatic heterocycles. The lowest BCUT2D eigenvalue weighted by Gasteiger charge is -2.48. The molecule has 330 valence electrons. The van der Waals surface area contributed by atoms with Crippen LogP contribution in [-0.4, -0.2) is 164 Å². The zero-order valence-electron chi connectivity index (χ0n) is 36.2. The number of aryl methyl sites for hydroxylation is 1. The Balaban J connectivity index is 1.41. The smallest absolute Gasteiger partial charge is 0.410 e. The number of carbonyl (C=O) groups excluding carboxylic acids is 3. The molecule has 0 bridgehead atoms. The summed E-state index contributed by atoms with van der Waals surface area (Å²) in [6.45, 7) is 13.0. The van der Waals surface area contributed by atoms with Crippen LogP contribution in [0, 0.1) is 11.8 Å². The van der Waals surface area contributed by atoms with E-state index in [0.717, 1.165) is 17.7 Å². The van der Waals surface area contributed by atoms with Crippen molar-refractivity contribution in [3.05, 3.63) is 37.1 Å². The second-order valence-electron chi connectivity index (χ2n) is 17.2. The van der Waals surface area contributed by atoms with Gasteiger partial charge in [0.05, 0.1) is 42.4 Å². The maximum absolute atomic E-state index is 14.3. The molecule has 5 heterocycles. The Morgan fingerprint density at radius 1 is 1.07 bits per heavy atom. The van der Waals surface area contributed by atoms with Gasteiger partial charge in [-0.3, -0.25) is 19.5 Å². The number of nitrogens with one attached hydrogen (secondary N) is 1. The zero-order valence-corrected chi connectivity index (χ0v) is 36.2. The molecule has 5 rings (SSSR count). The van der Waals surface area contributed by atoms with Crippen LogP contribution < -0.4 is 5.32 Å². The first kappa shape index (κ1) is 46.5. The van der Waals surface area contributed by atoms with Crippen molar-refractivity contribution in [3.63, 3.8) is 0 Å². The number of imidazole rings is 1. The number of ketones is 1. The van der Waals surface area contributed by atoms with Crippen molar-refractivity contribution in [2.75, 3.05) is 34.4 Å². The molecule has 0 unspecified atom stereocenters. The number of fused-ring (bicyclic) bond motifs is 1. The average Bonchev–Trinajstić information content (AvgIpc) is 3.78. The van der Waals surface area contributed by atoms with E-state index >= 15 is 0 Å². The van der Waals surface area contributed by atoms with Crippen LogP contribution in [0.15, 0.2) is 37.1 Å². The summed E-state index contributed by atoms with van der Waals surface area (Å²) in [5.41, 5.74) is -0.740. The molecule has 0 radical (unpaired) electrons. The number of unbranched alkanes of at least 4 members (excludes halogenated alkanes) is 1. The number of carbonyl (C=O) groups is 3. The minimum atomic E-state index is -1.38. The van der Waals surface area contributed by atoms with Crippen molar-refractivity contribution in [1.29, 1.82) is 0 Å². The summed E-state index contributed by atoms with van der Waals surface area (Å²) >= 11 is 0.